The molecule has 0 unspecified atom stereocenters. The van der Waals surface area contributed by atoms with E-state index in [1.807, 2.05) is 12.1 Å². The van der Waals surface area contributed by atoms with Gasteiger partial charge in [0.1, 0.15) is 0 Å². The van der Waals surface area contributed by atoms with Gasteiger partial charge in [0.05, 0.1) is 0 Å². The van der Waals surface area contributed by atoms with Crippen LogP contribution < -0.4 is 21.7 Å². The molecule has 0 fully saturated rings. The third-order valence-corrected chi connectivity index (χ3v) is 3.76. The van der Waals surface area contributed by atoms with E-state index in [-0.39, 0.29) is 6.03 Å². The van der Waals surface area contributed by atoms with Gasteiger partial charge in [0.15, 0.2) is 5.96 Å². The van der Waals surface area contributed by atoms with E-state index in [1.54, 1.807) is 36.4 Å². The highest BCUT2D eigenvalue weighted by atomic mass is 35.5. The summed E-state index contributed by atoms with van der Waals surface area (Å²) in [6.45, 7) is 4.99. The maximum atomic E-state index is 12.0. The molecule has 7 heteroatoms. The fourth-order valence-electron chi connectivity index (χ4n) is 2.09. The van der Waals surface area contributed by atoms with Gasteiger partial charge in [0.25, 0.3) is 0 Å². The Hall–Kier alpha value is -2.73. The number of halogens is 1. The Balaban J connectivity index is 1.84. The van der Waals surface area contributed by atoms with Gasteiger partial charge in [0, 0.05) is 28.6 Å². The Morgan fingerprint density at radius 3 is 1.92 bits per heavy atom. The third-order valence-electron chi connectivity index (χ3n) is 3.51. The molecule has 2 amide bonds. The summed E-state index contributed by atoms with van der Waals surface area (Å²) in [4.78, 5) is 16.3. The quantitative estimate of drug-likeness (QED) is 0.434. The van der Waals surface area contributed by atoms with Gasteiger partial charge in [-0.1, -0.05) is 25.4 Å². The van der Waals surface area contributed by atoms with Crippen molar-refractivity contribution in [2.75, 3.05) is 22.5 Å². The number of nitrogens with two attached hydrogens (primary N) is 1. The van der Waals surface area contributed by atoms with Crippen molar-refractivity contribution in [3.05, 3.63) is 53.6 Å². The van der Waals surface area contributed by atoms with Gasteiger partial charge in [0.2, 0.25) is 0 Å². The fraction of sp³-hybridized carbons (Fsp3) is 0.263. The first kappa shape index (κ1) is 19.6. The zero-order valence-corrected chi connectivity index (χ0v) is 15.7. The topological polar surface area (TPSA) is 91.5 Å². The van der Waals surface area contributed by atoms with Crippen LogP contribution in [0.5, 0.6) is 0 Å². The predicted molar refractivity (Wildman–Crippen MR) is 110 cm³/mol. The molecule has 0 radical (unpaired) electrons. The number of nitrogens with one attached hydrogen (secondary N) is 3. The Morgan fingerprint density at radius 2 is 1.42 bits per heavy atom. The van der Waals surface area contributed by atoms with E-state index in [9.17, 15) is 4.79 Å². The van der Waals surface area contributed by atoms with E-state index in [0.717, 1.165) is 12.1 Å². The average Bonchev–Trinajstić information content (AvgIpc) is 2.58. The highest BCUT2D eigenvalue weighted by Crippen LogP contribution is 2.16. The molecule has 0 aromatic heterocycles. The van der Waals surface area contributed by atoms with E-state index in [0.29, 0.717) is 34.8 Å². The molecule has 5 N–H and O–H groups in total. The van der Waals surface area contributed by atoms with Crippen molar-refractivity contribution in [3.8, 4) is 0 Å². The number of benzene rings is 2. The average molecular weight is 374 g/mol. The standard InChI is InChI=1S/C19H24ClN5O/c1-13(2)11-12-22-18(21)23-15-7-9-17(10-8-15)25-19(26)24-16-5-3-14(20)4-6-16/h3-10,13H,11-12H2,1-2H3,(H3,21,22,23)(H2,24,25,26). The van der Waals surface area contributed by atoms with Crippen molar-refractivity contribution < 1.29 is 4.79 Å². The lowest BCUT2D eigenvalue weighted by atomic mass is 10.1. The molecule has 6 nitrogen and oxygen atoms in total. The van der Waals surface area contributed by atoms with E-state index in [4.69, 9.17) is 17.3 Å². The minimum atomic E-state index is -0.331. The summed E-state index contributed by atoms with van der Waals surface area (Å²) in [5, 5.41) is 9.14. The van der Waals surface area contributed by atoms with Crippen molar-refractivity contribution >= 4 is 40.7 Å². The Labute approximate surface area is 158 Å². The van der Waals surface area contributed by atoms with Gasteiger partial charge < -0.3 is 21.7 Å². The van der Waals surface area contributed by atoms with Crippen molar-refractivity contribution in [1.29, 1.82) is 0 Å². The lowest BCUT2D eigenvalue weighted by Crippen LogP contribution is -2.23. The number of carbonyl (C=O) groups is 1. The molecule has 0 aliphatic rings. The van der Waals surface area contributed by atoms with Gasteiger partial charge >= 0.3 is 6.03 Å². The van der Waals surface area contributed by atoms with Crippen LogP contribution in [0.15, 0.2) is 53.5 Å². The maximum Gasteiger partial charge on any atom is 0.323 e. The third kappa shape index (κ3) is 7.03. The normalized spacial score (nSPS) is 11.3. The van der Waals surface area contributed by atoms with Crippen molar-refractivity contribution in [1.82, 2.24) is 0 Å². The van der Waals surface area contributed by atoms with Gasteiger partial charge in [-0.3, -0.25) is 4.99 Å². The highest BCUT2D eigenvalue weighted by molar-refractivity contribution is 6.30. The van der Waals surface area contributed by atoms with Crippen LogP contribution in [0.3, 0.4) is 0 Å². The number of rotatable bonds is 6. The molecule has 2 aromatic rings. The first-order chi connectivity index (χ1) is 12.4. The molecule has 0 saturated carbocycles. The minimum Gasteiger partial charge on any atom is -0.370 e. The lowest BCUT2D eigenvalue weighted by Gasteiger charge is -2.10. The van der Waals surface area contributed by atoms with Crippen LogP contribution in [0.2, 0.25) is 5.02 Å². The van der Waals surface area contributed by atoms with E-state index in [1.165, 1.54) is 0 Å². The van der Waals surface area contributed by atoms with Crippen LogP contribution >= 0.6 is 11.6 Å². The highest BCUT2D eigenvalue weighted by Gasteiger charge is 2.03. The molecule has 0 saturated heterocycles. The summed E-state index contributed by atoms with van der Waals surface area (Å²) >= 11 is 5.82. The second-order valence-corrected chi connectivity index (χ2v) is 6.67. The first-order valence-corrected chi connectivity index (χ1v) is 8.81. The largest absolute Gasteiger partial charge is 0.370 e. The molecule has 0 heterocycles. The molecule has 2 aromatic carbocycles. The molecule has 0 spiro atoms. The number of hydrogen-bond donors (Lipinski definition) is 4. The monoisotopic (exact) mass is 373 g/mol. The smallest absolute Gasteiger partial charge is 0.323 e. The summed E-state index contributed by atoms with van der Waals surface area (Å²) in [6, 6.07) is 13.8. The predicted octanol–water partition coefficient (Wildman–Crippen LogP) is 4.76. The zero-order valence-electron chi connectivity index (χ0n) is 14.9. The summed E-state index contributed by atoms with van der Waals surface area (Å²) in [6.07, 6.45) is 0.994. The van der Waals surface area contributed by atoms with Gasteiger partial charge in [-0.2, -0.15) is 0 Å². The van der Waals surface area contributed by atoms with Crippen LogP contribution in [0.1, 0.15) is 20.3 Å². The van der Waals surface area contributed by atoms with Crippen molar-refractivity contribution in [2.45, 2.75) is 20.3 Å². The molecule has 0 aliphatic heterocycles. The molecule has 26 heavy (non-hydrogen) atoms. The number of urea groups is 1. The Morgan fingerprint density at radius 1 is 0.962 bits per heavy atom. The molecule has 0 aliphatic carbocycles. The summed E-state index contributed by atoms with van der Waals surface area (Å²) in [7, 11) is 0. The molecule has 0 atom stereocenters. The molecular weight excluding hydrogens is 350 g/mol. The lowest BCUT2D eigenvalue weighted by molar-refractivity contribution is 0.262. The number of nitrogens with zero attached hydrogens (tertiary/aromatic N) is 1. The Kier molecular flexibility index (Phi) is 7.29. The summed E-state index contributed by atoms with van der Waals surface area (Å²) in [5.41, 5.74) is 7.99. The number of amides is 2. The number of anilines is 3. The van der Waals surface area contributed by atoms with E-state index < -0.39 is 0 Å². The number of carbonyl (C=O) groups excluding carboxylic acids is 1. The van der Waals surface area contributed by atoms with Crippen LogP contribution in [0.4, 0.5) is 21.9 Å². The van der Waals surface area contributed by atoms with Crippen molar-refractivity contribution in [2.24, 2.45) is 16.6 Å². The minimum absolute atomic E-state index is 0.331. The van der Waals surface area contributed by atoms with Gasteiger partial charge in [-0.05, 0) is 60.9 Å². The number of hydrogen-bond acceptors (Lipinski definition) is 2. The second kappa shape index (κ2) is 9.68. The summed E-state index contributed by atoms with van der Waals surface area (Å²) in [5.74, 6) is 0.975. The van der Waals surface area contributed by atoms with Crippen LogP contribution in [0, 0.1) is 5.92 Å². The molecule has 2 rings (SSSR count). The van der Waals surface area contributed by atoms with E-state index in [2.05, 4.69) is 34.8 Å². The van der Waals surface area contributed by atoms with Crippen LogP contribution in [0.25, 0.3) is 0 Å². The van der Waals surface area contributed by atoms with Gasteiger partial charge in [-0.15, -0.1) is 0 Å². The van der Waals surface area contributed by atoms with Gasteiger partial charge in [-0.25, -0.2) is 4.79 Å². The van der Waals surface area contributed by atoms with Crippen LogP contribution in [-0.2, 0) is 0 Å². The number of aliphatic imine (C=N–C) groups is 1. The summed E-state index contributed by atoms with van der Waals surface area (Å²) < 4.78 is 0. The van der Waals surface area contributed by atoms with Crippen LogP contribution in [-0.4, -0.2) is 18.5 Å². The first-order valence-electron chi connectivity index (χ1n) is 8.43. The van der Waals surface area contributed by atoms with Crippen molar-refractivity contribution in [3.63, 3.8) is 0 Å². The zero-order chi connectivity index (χ0) is 18.9. The SMILES string of the molecule is CC(C)CCN=C(N)Nc1ccc(NC(=O)Nc2ccc(Cl)cc2)cc1. The second-order valence-electron chi connectivity index (χ2n) is 6.24. The molecule has 138 valence electrons. The molecule has 0 bridgehead atoms. The van der Waals surface area contributed by atoms with E-state index >= 15 is 0 Å². The molecular formula is C19H24ClN5O. The Bertz CT molecular complexity index is 742. The fourth-order valence-corrected chi connectivity index (χ4v) is 2.22. The number of guanidine groups is 1. The maximum absolute atomic E-state index is 12.0.